The van der Waals surface area contributed by atoms with E-state index in [-0.39, 0.29) is 24.5 Å². The number of carbonyl (C=O) groups excluding carboxylic acids is 1. The van der Waals surface area contributed by atoms with Gasteiger partial charge in [0, 0.05) is 12.0 Å². The van der Waals surface area contributed by atoms with Crippen LogP contribution in [0.4, 0.5) is 0 Å². The molecule has 3 N–H and O–H groups in total. The number of ether oxygens (including phenoxy) is 1. The third kappa shape index (κ3) is 3.22. The lowest BCUT2D eigenvalue weighted by atomic mass is 10.0. The van der Waals surface area contributed by atoms with E-state index in [1.165, 1.54) is 0 Å². The Morgan fingerprint density at radius 2 is 2.26 bits per heavy atom. The number of nitrogens with one attached hydrogen (secondary N) is 2. The zero-order valence-electron chi connectivity index (χ0n) is 13.3. The second-order valence-electron chi connectivity index (χ2n) is 6.09. The SMILES string of the molecule is CC(C)C(CO)NC(=O)c1cc(-c2ccc3c(c2)CCO3)n[nH]1. The van der Waals surface area contributed by atoms with Gasteiger partial charge in [-0.3, -0.25) is 9.89 Å². The summed E-state index contributed by atoms with van der Waals surface area (Å²) in [6.45, 7) is 4.53. The number of carbonyl (C=O) groups is 1. The Morgan fingerprint density at radius 3 is 3.00 bits per heavy atom. The zero-order chi connectivity index (χ0) is 16.4. The molecule has 0 aliphatic carbocycles. The number of rotatable bonds is 5. The van der Waals surface area contributed by atoms with Crippen LogP contribution in [0.15, 0.2) is 24.3 Å². The lowest BCUT2D eigenvalue weighted by molar-refractivity contribution is 0.0892. The molecule has 0 fully saturated rings. The van der Waals surface area contributed by atoms with Crippen LogP contribution in [0, 0.1) is 5.92 Å². The maximum atomic E-state index is 12.2. The van der Waals surface area contributed by atoms with Gasteiger partial charge in [-0.2, -0.15) is 5.10 Å². The highest BCUT2D eigenvalue weighted by atomic mass is 16.5. The first-order valence-corrected chi connectivity index (χ1v) is 7.81. The van der Waals surface area contributed by atoms with Gasteiger partial charge in [0.2, 0.25) is 0 Å². The summed E-state index contributed by atoms with van der Waals surface area (Å²) in [6, 6.07) is 7.37. The van der Waals surface area contributed by atoms with Crippen molar-refractivity contribution < 1.29 is 14.6 Å². The number of amides is 1. The van der Waals surface area contributed by atoms with E-state index in [2.05, 4.69) is 15.5 Å². The molecular formula is C17H21N3O3. The summed E-state index contributed by atoms with van der Waals surface area (Å²) in [5.41, 5.74) is 3.22. The number of fused-ring (bicyclic) bond motifs is 1. The number of aliphatic hydroxyl groups is 1. The van der Waals surface area contributed by atoms with Gasteiger partial charge in [-0.1, -0.05) is 13.8 Å². The van der Waals surface area contributed by atoms with Crippen molar-refractivity contribution >= 4 is 5.91 Å². The van der Waals surface area contributed by atoms with E-state index in [0.717, 1.165) is 29.0 Å². The van der Waals surface area contributed by atoms with Gasteiger partial charge < -0.3 is 15.2 Å². The minimum atomic E-state index is -0.272. The van der Waals surface area contributed by atoms with Crippen LogP contribution in [0.5, 0.6) is 5.75 Å². The highest BCUT2D eigenvalue weighted by Gasteiger charge is 2.19. The summed E-state index contributed by atoms with van der Waals surface area (Å²) < 4.78 is 5.50. The molecule has 6 heteroatoms. The van der Waals surface area contributed by atoms with Crippen LogP contribution in [0.3, 0.4) is 0 Å². The fraction of sp³-hybridized carbons (Fsp3) is 0.412. The molecule has 1 unspecified atom stereocenters. The molecule has 1 aromatic heterocycles. The Kier molecular flexibility index (Phi) is 4.34. The second kappa shape index (κ2) is 6.42. The molecule has 0 bridgehead atoms. The van der Waals surface area contributed by atoms with Gasteiger partial charge in [-0.15, -0.1) is 0 Å². The highest BCUT2D eigenvalue weighted by Crippen LogP contribution is 2.29. The molecule has 6 nitrogen and oxygen atoms in total. The number of hydrogen-bond donors (Lipinski definition) is 3. The topological polar surface area (TPSA) is 87.2 Å². The molecule has 0 saturated carbocycles. The highest BCUT2D eigenvalue weighted by molar-refractivity contribution is 5.93. The van der Waals surface area contributed by atoms with Gasteiger partial charge in [0.05, 0.1) is 24.9 Å². The van der Waals surface area contributed by atoms with Crippen LogP contribution in [-0.4, -0.2) is 40.5 Å². The van der Waals surface area contributed by atoms with Crippen molar-refractivity contribution in [3.8, 4) is 17.0 Å². The van der Waals surface area contributed by atoms with E-state index in [9.17, 15) is 9.90 Å². The van der Waals surface area contributed by atoms with Crippen molar-refractivity contribution in [1.29, 1.82) is 0 Å². The third-order valence-corrected chi connectivity index (χ3v) is 4.13. The molecule has 122 valence electrons. The molecule has 2 aromatic rings. The summed E-state index contributed by atoms with van der Waals surface area (Å²) in [4.78, 5) is 12.2. The van der Waals surface area contributed by atoms with Crippen molar-refractivity contribution in [1.82, 2.24) is 15.5 Å². The molecular weight excluding hydrogens is 294 g/mol. The number of nitrogens with zero attached hydrogens (tertiary/aromatic N) is 1. The van der Waals surface area contributed by atoms with E-state index in [1.807, 2.05) is 32.0 Å². The van der Waals surface area contributed by atoms with E-state index in [1.54, 1.807) is 6.07 Å². The fourth-order valence-electron chi connectivity index (χ4n) is 2.60. The van der Waals surface area contributed by atoms with Crippen LogP contribution in [0.25, 0.3) is 11.3 Å². The standard InChI is InChI=1S/C17H21N3O3/c1-10(2)15(9-21)18-17(22)14-8-13(19-20-14)11-3-4-16-12(7-11)5-6-23-16/h3-4,7-8,10,15,21H,5-6,9H2,1-2H3,(H,18,22)(H,19,20). The Labute approximate surface area is 134 Å². The molecule has 0 saturated heterocycles. The number of H-pyrrole nitrogens is 1. The van der Waals surface area contributed by atoms with Crippen molar-refractivity contribution in [2.45, 2.75) is 26.3 Å². The summed E-state index contributed by atoms with van der Waals surface area (Å²) in [5, 5.41) is 19.1. The van der Waals surface area contributed by atoms with Gasteiger partial charge in [0.15, 0.2) is 0 Å². The van der Waals surface area contributed by atoms with Gasteiger partial charge in [-0.25, -0.2) is 0 Å². The molecule has 1 aliphatic rings. The Hall–Kier alpha value is -2.34. The number of aromatic amines is 1. The largest absolute Gasteiger partial charge is 0.493 e. The number of aromatic nitrogens is 2. The number of hydrogen-bond acceptors (Lipinski definition) is 4. The van der Waals surface area contributed by atoms with E-state index in [0.29, 0.717) is 12.3 Å². The molecule has 0 spiro atoms. The Balaban J connectivity index is 1.76. The van der Waals surface area contributed by atoms with Gasteiger partial charge in [0.1, 0.15) is 11.4 Å². The van der Waals surface area contributed by atoms with Gasteiger partial charge >= 0.3 is 0 Å². The first kappa shape index (κ1) is 15.6. The molecule has 0 radical (unpaired) electrons. The fourth-order valence-corrected chi connectivity index (χ4v) is 2.60. The average molecular weight is 315 g/mol. The van der Waals surface area contributed by atoms with E-state index < -0.39 is 0 Å². The molecule has 2 heterocycles. The van der Waals surface area contributed by atoms with Crippen LogP contribution in [0.1, 0.15) is 29.9 Å². The molecule has 23 heavy (non-hydrogen) atoms. The molecule has 1 aromatic carbocycles. The maximum Gasteiger partial charge on any atom is 0.269 e. The average Bonchev–Trinajstić information content (AvgIpc) is 3.19. The van der Waals surface area contributed by atoms with Crippen molar-refractivity contribution in [2.75, 3.05) is 13.2 Å². The Morgan fingerprint density at radius 1 is 1.43 bits per heavy atom. The maximum absolute atomic E-state index is 12.2. The van der Waals surface area contributed by atoms with Crippen LogP contribution in [0.2, 0.25) is 0 Å². The zero-order valence-corrected chi connectivity index (χ0v) is 13.3. The molecule has 3 rings (SSSR count). The van der Waals surface area contributed by atoms with Crippen molar-refractivity contribution in [2.24, 2.45) is 5.92 Å². The molecule has 1 aliphatic heterocycles. The second-order valence-corrected chi connectivity index (χ2v) is 6.09. The normalized spacial score (nSPS) is 14.4. The lowest BCUT2D eigenvalue weighted by Gasteiger charge is -2.19. The predicted molar refractivity (Wildman–Crippen MR) is 86.4 cm³/mol. The summed E-state index contributed by atoms with van der Waals surface area (Å²) >= 11 is 0. The predicted octanol–water partition coefficient (Wildman–Crippen LogP) is 1.76. The summed E-state index contributed by atoms with van der Waals surface area (Å²) in [7, 11) is 0. The van der Waals surface area contributed by atoms with Crippen LogP contribution >= 0.6 is 0 Å². The van der Waals surface area contributed by atoms with Crippen LogP contribution < -0.4 is 10.1 Å². The molecule has 1 atom stereocenters. The van der Waals surface area contributed by atoms with Crippen molar-refractivity contribution in [3.05, 3.63) is 35.5 Å². The summed E-state index contributed by atoms with van der Waals surface area (Å²) in [5.74, 6) is 0.814. The summed E-state index contributed by atoms with van der Waals surface area (Å²) in [6.07, 6.45) is 0.896. The van der Waals surface area contributed by atoms with E-state index in [4.69, 9.17) is 4.74 Å². The van der Waals surface area contributed by atoms with Crippen molar-refractivity contribution in [3.63, 3.8) is 0 Å². The first-order chi connectivity index (χ1) is 11.1. The third-order valence-electron chi connectivity index (χ3n) is 4.13. The van der Waals surface area contributed by atoms with Crippen LogP contribution in [-0.2, 0) is 6.42 Å². The van der Waals surface area contributed by atoms with Gasteiger partial charge in [-0.05, 0) is 35.7 Å². The Bertz CT molecular complexity index is 709. The minimum Gasteiger partial charge on any atom is -0.493 e. The molecule has 1 amide bonds. The number of benzene rings is 1. The van der Waals surface area contributed by atoms with Gasteiger partial charge in [0.25, 0.3) is 5.91 Å². The lowest BCUT2D eigenvalue weighted by Crippen LogP contribution is -2.41. The quantitative estimate of drug-likeness (QED) is 0.784. The smallest absolute Gasteiger partial charge is 0.269 e. The van der Waals surface area contributed by atoms with E-state index >= 15 is 0 Å². The monoisotopic (exact) mass is 315 g/mol. The first-order valence-electron chi connectivity index (χ1n) is 7.81. The minimum absolute atomic E-state index is 0.0881. The number of aliphatic hydroxyl groups excluding tert-OH is 1.